The molecule has 1 N–H and O–H groups in total. The molecule has 0 spiro atoms. The molecule has 7 heteroatoms. The number of fused-ring (bicyclic) bond motifs is 1. The first-order chi connectivity index (χ1) is 12.5. The third-order valence-corrected chi connectivity index (χ3v) is 5.18. The van der Waals surface area contributed by atoms with Crippen molar-refractivity contribution < 1.29 is 14.0 Å². The standard InChI is InChI=1S/C19H24BrN3O3/c1-3-6-21-17(24)12-22-7-9-23(10-8-22)19(25)18-13(2)15-11-14(20)4-5-16(15)26-18/h4-5,11H,3,6-10,12H2,1-2H3,(H,21,24). The summed E-state index contributed by atoms with van der Waals surface area (Å²) >= 11 is 3.46. The summed E-state index contributed by atoms with van der Waals surface area (Å²) in [4.78, 5) is 28.6. The smallest absolute Gasteiger partial charge is 0.289 e. The topological polar surface area (TPSA) is 65.8 Å². The van der Waals surface area contributed by atoms with Crippen LogP contribution in [0.3, 0.4) is 0 Å². The molecule has 1 aliphatic rings. The summed E-state index contributed by atoms with van der Waals surface area (Å²) < 4.78 is 6.78. The molecule has 1 aromatic heterocycles. The first-order valence-electron chi connectivity index (χ1n) is 8.96. The van der Waals surface area contributed by atoms with Crippen LogP contribution in [0, 0.1) is 6.92 Å². The van der Waals surface area contributed by atoms with Gasteiger partial charge >= 0.3 is 0 Å². The fourth-order valence-electron chi connectivity index (χ4n) is 3.17. The second-order valence-corrected chi connectivity index (χ2v) is 7.53. The molecule has 1 aliphatic heterocycles. The number of hydrogen-bond donors (Lipinski definition) is 1. The van der Waals surface area contributed by atoms with Gasteiger partial charge in [0.1, 0.15) is 5.58 Å². The third kappa shape index (κ3) is 4.10. The van der Waals surface area contributed by atoms with Gasteiger partial charge in [-0.1, -0.05) is 22.9 Å². The number of halogens is 1. The molecule has 0 saturated carbocycles. The number of nitrogens with one attached hydrogen (secondary N) is 1. The monoisotopic (exact) mass is 421 g/mol. The summed E-state index contributed by atoms with van der Waals surface area (Å²) in [5.74, 6) is 0.377. The number of benzene rings is 1. The van der Waals surface area contributed by atoms with Crippen LogP contribution in [-0.4, -0.2) is 60.9 Å². The largest absolute Gasteiger partial charge is 0.451 e. The molecule has 2 amide bonds. The fraction of sp³-hybridized carbons (Fsp3) is 0.474. The lowest BCUT2D eigenvalue weighted by Crippen LogP contribution is -2.51. The quantitative estimate of drug-likeness (QED) is 0.805. The first kappa shape index (κ1) is 18.9. The fourth-order valence-corrected chi connectivity index (χ4v) is 3.53. The summed E-state index contributed by atoms with van der Waals surface area (Å²) in [6, 6.07) is 5.75. The lowest BCUT2D eigenvalue weighted by molar-refractivity contribution is -0.122. The minimum absolute atomic E-state index is 0.0466. The second-order valence-electron chi connectivity index (χ2n) is 6.61. The Bertz CT molecular complexity index is 810. The highest BCUT2D eigenvalue weighted by Gasteiger charge is 2.27. The summed E-state index contributed by atoms with van der Waals surface area (Å²) in [6.45, 7) is 7.62. The van der Waals surface area contributed by atoms with Gasteiger partial charge in [-0.3, -0.25) is 14.5 Å². The predicted molar refractivity (Wildman–Crippen MR) is 104 cm³/mol. The highest BCUT2D eigenvalue weighted by Crippen LogP contribution is 2.29. The lowest BCUT2D eigenvalue weighted by Gasteiger charge is -2.33. The van der Waals surface area contributed by atoms with Crippen molar-refractivity contribution in [3.8, 4) is 0 Å². The van der Waals surface area contributed by atoms with Gasteiger partial charge in [0.25, 0.3) is 5.91 Å². The molecule has 0 bridgehead atoms. The number of piperazine rings is 1. The number of nitrogens with zero attached hydrogens (tertiary/aromatic N) is 2. The molecular formula is C19H24BrN3O3. The van der Waals surface area contributed by atoms with Crippen molar-refractivity contribution in [1.82, 2.24) is 15.1 Å². The number of aryl methyl sites for hydroxylation is 1. The van der Waals surface area contributed by atoms with Crippen molar-refractivity contribution in [2.45, 2.75) is 20.3 Å². The Kier molecular flexibility index (Phi) is 5.98. The van der Waals surface area contributed by atoms with Crippen molar-refractivity contribution in [3.05, 3.63) is 34.0 Å². The molecule has 0 aliphatic carbocycles. The van der Waals surface area contributed by atoms with Gasteiger partial charge in [-0.25, -0.2) is 0 Å². The van der Waals surface area contributed by atoms with E-state index in [4.69, 9.17) is 4.42 Å². The van der Waals surface area contributed by atoms with Gasteiger partial charge in [-0.05, 0) is 31.5 Å². The zero-order valence-electron chi connectivity index (χ0n) is 15.2. The van der Waals surface area contributed by atoms with Gasteiger partial charge in [-0.15, -0.1) is 0 Å². The Hall–Kier alpha value is -1.86. The minimum Gasteiger partial charge on any atom is -0.451 e. The number of carbonyl (C=O) groups is 2. The van der Waals surface area contributed by atoms with E-state index in [2.05, 4.69) is 26.1 Å². The first-order valence-corrected chi connectivity index (χ1v) is 9.76. The maximum atomic E-state index is 12.9. The Balaban J connectivity index is 1.62. The van der Waals surface area contributed by atoms with Crippen molar-refractivity contribution in [1.29, 1.82) is 0 Å². The van der Waals surface area contributed by atoms with E-state index < -0.39 is 0 Å². The van der Waals surface area contributed by atoms with Crippen molar-refractivity contribution in [2.24, 2.45) is 0 Å². The molecule has 26 heavy (non-hydrogen) atoms. The van der Waals surface area contributed by atoms with Crippen LogP contribution < -0.4 is 5.32 Å². The van der Waals surface area contributed by atoms with E-state index >= 15 is 0 Å². The van der Waals surface area contributed by atoms with Gasteiger partial charge < -0.3 is 14.6 Å². The number of carbonyl (C=O) groups excluding carboxylic acids is 2. The number of furan rings is 1. The third-order valence-electron chi connectivity index (χ3n) is 4.69. The molecule has 0 unspecified atom stereocenters. The zero-order valence-corrected chi connectivity index (χ0v) is 16.8. The minimum atomic E-state index is -0.0788. The lowest BCUT2D eigenvalue weighted by atomic mass is 10.1. The number of amides is 2. The van der Waals surface area contributed by atoms with E-state index in [0.29, 0.717) is 45.0 Å². The van der Waals surface area contributed by atoms with Crippen molar-refractivity contribution in [3.63, 3.8) is 0 Å². The maximum Gasteiger partial charge on any atom is 0.289 e. The molecular weight excluding hydrogens is 398 g/mol. The average Bonchev–Trinajstić information content (AvgIpc) is 2.96. The van der Waals surface area contributed by atoms with Crippen LogP contribution in [0.25, 0.3) is 11.0 Å². The normalized spacial score (nSPS) is 15.4. The average molecular weight is 422 g/mol. The van der Waals surface area contributed by atoms with E-state index in [1.807, 2.05) is 32.0 Å². The van der Waals surface area contributed by atoms with Crippen LogP contribution >= 0.6 is 15.9 Å². The van der Waals surface area contributed by atoms with E-state index in [0.717, 1.165) is 27.4 Å². The molecule has 6 nitrogen and oxygen atoms in total. The van der Waals surface area contributed by atoms with Crippen LogP contribution in [0.2, 0.25) is 0 Å². The Morgan fingerprint density at radius 3 is 2.65 bits per heavy atom. The molecule has 140 valence electrons. The Labute approximate surface area is 161 Å². The van der Waals surface area contributed by atoms with Gasteiger partial charge in [0.05, 0.1) is 6.54 Å². The summed E-state index contributed by atoms with van der Waals surface area (Å²) in [5, 5.41) is 3.84. The van der Waals surface area contributed by atoms with Crippen LogP contribution in [-0.2, 0) is 4.79 Å². The molecule has 2 aromatic rings. The molecule has 0 radical (unpaired) electrons. The molecule has 3 rings (SSSR count). The summed E-state index contributed by atoms with van der Waals surface area (Å²) in [6.07, 6.45) is 0.932. The molecule has 1 aromatic carbocycles. The van der Waals surface area contributed by atoms with Crippen LogP contribution in [0.4, 0.5) is 0 Å². The van der Waals surface area contributed by atoms with Crippen LogP contribution in [0.5, 0.6) is 0 Å². The van der Waals surface area contributed by atoms with Crippen molar-refractivity contribution in [2.75, 3.05) is 39.3 Å². The highest BCUT2D eigenvalue weighted by molar-refractivity contribution is 9.10. The highest BCUT2D eigenvalue weighted by atomic mass is 79.9. The SMILES string of the molecule is CCCNC(=O)CN1CCN(C(=O)c2oc3ccc(Br)cc3c2C)CC1. The number of hydrogen-bond acceptors (Lipinski definition) is 4. The van der Waals surface area contributed by atoms with Gasteiger partial charge in [0.15, 0.2) is 5.76 Å². The van der Waals surface area contributed by atoms with E-state index in [-0.39, 0.29) is 11.8 Å². The van der Waals surface area contributed by atoms with Gasteiger partial charge in [0, 0.05) is 48.1 Å². The predicted octanol–water partition coefficient (Wildman–Crippen LogP) is 2.79. The Morgan fingerprint density at radius 1 is 1.23 bits per heavy atom. The second kappa shape index (κ2) is 8.22. The van der Waals surface area contributed by atoms with E-state index in [9.17, 15) is 9.59 Å². The zero-order chi connectivity index (χ0) is 18.7. The van der Waals surface area contributed by atoms with Gasteiger partial charge in [-0.2, -0.15) is 0 Å². The molecule has 0 atom stereocenters. The summed E-state index contributed by atoms with van der Waals surface area (Å²) in [5.41, 5.74) is 1.59. The molecule has 2 heterocycles. The molecule has 1 saturated heterocycles. The van der Waals surface area contributed by atoms with Crippen molar-refractivity contribution >= 4 is 38.7 Å². The molecule has 1 fully saturated rings. The number of rotatable bonds is 5. The van der Waals surface area contributed by atoms with E-state index in [1.54, 1.807) is 4.90 Å². The van der Waals surface area contributed by atoms with Crippen LogP contribution in [0.1, 0.15) is 29.5 Å². The van der Waals surface area contributed by atoms with Gasteiger partial charge in [0.2, 0.25) is 5.91 Å². The maximum absolute atomic E-state index is 12.9. The Morgan fingerprint density at radius 2 is 1.96 bits per heavy atom. The van der Waals surface area contributed by atoms with Crippen LogP contribution in [0.15, 0.2) is 27.1 Å². The van der Waals surface area contributed by atoms with E-state index in [1.165, 1.54) is 0 Å². The summed E-state index contributed by atoms with van der Waals surface area (Å²) in [7, 11) is 0.